The number of aromatic nitrogens is 4. The molecule has 0 bridgehead atoms. The summed E-state index contributed by atoms with van der Waals surface area (Å²) < 4.78 is 34.3. The molecule has 3 aromatic rings. The predicted molar refractivity (Wildman–Crippen MR) is 83.0 cm³/mol. The van der Waals surface area contributed by atoms with E-state index in [9.17, 15) is 13.2 Å². The van der Waals surface area contributed by atoms with Crippen molar-refractivity contribution in [1.29, 1.82) is 0 Å². The smallest absolute Gasteiger partial charge is 0.350 e. The summed E-state index contributed by atoms with van der Waals surface area (Å²) in [5, 5.41) is 4.04. The Balaban J connectivity index is 1.63. The molecule has 0 atom stereocenters. The van der Waals surface area contributed by atoms with Gasteiger partial charge in [0, 0.05) is 25.5 Å². The molecule has 0 unspecified atom stereocenters. The fourth-order valence-corrected chi connectivity index (χ4v) is 4.21. The van der Waals surface area contributed by atoms with Crippen LogP contribution in [0.3, 0.4) is 0 Å². The van der Waals surface area contributed by atoms with Crippen LogP contribution in [0, 0.1) is 0 Å². The molecule has 0 aliphatic carbocycles. The third kappa shape index (κ3) is 2.43. The molecule has 0 saturated carbocycles. The molecule has 0 radical (unpaired) electrons. The lowest BCUT2D eigenvalue weighted by molar-refractivity contribution is 0.378. The van der Waals surface area contributed by atoms with Crippen LogP contribution >= 0.6 is 0 Å². The average Bonchev–Trinajstić information content (AvgIpc) is 3.30. The Labute approximate surface area is 137 Å². The summed E-state index contributed by atoms with van der Waals surface area (Å²) in [6.45, 7) is 1.07. The first-order chi connectivity index (χ1) is 11.6. The molecular formula is C14H15N5O4S. The van der Waals surface area contributed by atoms with Crippen LogP contribution in [0.25, 0.3) is 5.65 Å². The van der Waals surface area contributed by atoms with E-state index < -0.39 is 10.0 Å². The van der Waals surface area contributed by atoms with Gasteiger partial charge < -0.3 is 4.42 Å². The molecule has 24 heavy (non-hydrogen) atoms. The highest BCUT2D eigenvalue weighted by molar-refractivity contribution is 7.89. The monoisotopic (exact) mass is 349 g/mol. The summed E-state index contributed by atoms with van der Waals surface area (Å²) in [7, 11) is -3.60. The second kappa shape index (κ2) is 5.56. The van der Waals surface area contributed by atoms with Gasteiger partial charge in [-0.1, -0.05) is 0 Å². The van der Waals surface area contributed by atoms with Crippen LogP contribution in [0.4, 0.5) is 0 Å². The molecule has 0 spiro atoms. The van der Waals surface area contributed by atoms with E-state index in [1.165, 1.54) is 38.0 Å². The van der Waals surface area contributed by atoms with Crippen molar-refractivity contribution in [2.24, 2.45) is 0 Å². The van der Waals surface area contributed by atoms with Crippen molar-refractivity contribution >= 4 is 15.7 Å². The quantitative estimate of drug-likeness (QED) is 0.672. The third-order valence-electron chi connectivity index (χ3n) is 3.99. The van der Waals surface area contributed by atoms with Gasteiger partial charge in [0.15, 0.2) is 5.65 Å². The molecule has 4 heterocycles. The number of hydrogen-bond donors (Lipinski definition) is 0. The van der Waals surface area contributed by atoms with Crippen molar-refractivity contribution in [3.8, 4) is 0 Å². The molecule has 0 amide bonds. The Hall–Kier alpha value is -2.46. The van der Waals surface area contributed by atoms with Crippen LogP contribution in [0.15, 0.2) is 45.0 Å². The van der Waals surface area contributed by atoms with Gasteiger partial charge in [-0.05, 0) is 25.0 Å². The Kier molecular flexibility index (Phi) is 3.50. The Morgan fingerprint density at radius 2 is 2.00 bits per heavy atom. The minimum Gasteiger partial charge on any atom is -0.446 e. The van der Waals surface area contributed by atoms with E-state index in [0.29, 0.717) is 24.5 Å². The van der Waals surface area contributed by atoms with E-state index in [1.807, 2.05) is 0 Å². The summed E-state index contributed by atoms with van der Waals surface area (Å²) in [6.07, 6.45) is 6.21. The van der Waals surface area contributed by atoms with E-state index in [1.54, 1.807) is 6.07 Å². The summed E-state index contributed by atoms with van der Waals surface area (Å²) in [6, 6.07) is 2.98. The maximum absolute atomic E-state index is 12.4. The van der Waals surface area contributed by atoms with Gasteiger partial charge in [-0.2, -0.15) is 4.31 Å². The molecule has 1 aliphatic rings. The van der Waals surface area contributed by atoms with Crippen molar-refractivity contribution in [3.63, 3.8) is 0 Å². The number of nitrogens with zero attached hydrogens (tertiary/aromatic N) is 5. The lowest BCUT2D eigenvalue weighted by Gasteiger charge is -2.12. The maximum Gasteiger partial charge on any atom is 0.350 e. The number of sulfonamides is 1. The highest BCUT2D eigenvalue weighted by Crippen LogP contribution is 2.22. The lowest BCUT2D eigenvalue weighted by Crippen LogP contribution is -2.27. The second-order valence-corrected chi connectivity index (χ2v) is 7.45. The third-order valence-corrected chi connectivity index (χ3v) is 5.76. The van der Waals surface area contributed by atoms with E-state index in [0.717, 1.165) is 12.8 Å². The zero-order valence-corrected chi connectivity index (χ0v) is 13.5. The molecule has 126 valence electrons. The molecule has 1 saturated heterocycles. The normalized spacial score (nSPS) is 16.2. The second-order valence-electron chi connectivity index (χ2n) is 5.58. The summed E-state index contributed by atoms with van der Waals surface area (Å²) >= 11 is 0. The van der Waals surface area contributed by atoms with E-state index in [2.05, 4.69) is 10.1 Å². The zero-order valence-electron chi connectivity index (χ0n) is 12.7. The van der Waals surface area contributed by atoms with Crippen molar-refractivity contribution in [3.05, 3.63) is 47.0 Å². The van der Waals surface area contributed by atoms with Crippen molar-refractivity contribution in [1.82, 2.24) is 23.5 Å². The van der Waals surface area contributed by atoms with E-state index >= 15 is 0 Å². The molecule has 3 aromatic heterocycles. The Morgan fingerprint density at radius 3 is 2.75 bits per heavy atom. The van der Waals surface area contributed by atoms with E-state index in [4.69, 9.17) is 4.42 Å². The van der Waals surface area contributed by atoms with Crippen molar-refractivity contribution in [2.45, 2.75) is 24.5 Å². The molecule has 1 aliphatic heterocycles. The highest BCUT2D eigenvalue weighted by atomic mass is 32.2. The van der Waals surface area contributed by atoms with E-state index in [-0.39, 0.29) is 17.3 Å². The molecule has 0 N–H and O–H groups in total. The van der Waals surface area contributed by atoms with Gasteiger partial charge in [0.05, 0.1) is 6.20 Å². The van der Waals surface area contributed by atoms with Crippen molar-refractivity contribution in [2.75, 3.05) is 13.1 Å². The van der Waals surface area contributed by atoms with Crippen LogP contribution in [0.5, 0.6) is 0 Å². The van der Waals surface area contributed by atoms with Gasteiger partial charge in [0.25, 0.3) is 10.0 Å². The maximum atomic E-state index is 12.4. The van der Waals surface area contributed by atoms with Gasteiger partial charge >= 0.3 is 5.69 Å². The fourth-order valence-electron chi connectivity index (χ4n) is 2.77. The largest absolute Gasteiger partial charge is 0.446 e. The van der Waals surface area contributed by atoms with Gasteiger partial charge in [0.2, 0.25) is 5.09 Å². The summed E-state index contributed by atoms with van der Waals surface area (Å²) in [4.78, 5) is 16.1. The first-order valence-corrected chi connectivity index (χ1v) is 8.98. The molecule has 9 nitrogen and oxygen atoms in total. The fraction of sp³-hybridized carbons (Fsp3) is 0.357. The average molecular weight is 349 g/mol. The van der Waals surface area contributed by atoms with Crippen LogP contribution in [0.2, 0.25) is 0 Å². The first-order valence-electron chi connectivity index (χ1n) is 7.54. The van der Waals surface area contributed by atoms with Crippen LogP contribution < -0.4 is 5.69 Å². The number of fused-ring (bicyclic) bond motifs is 1. The van der Waals surface area contributed by atoms with Crippen molar-refractivity contribution < 1.29 is 12.8 Å². The molecule has 10 heteroatoms. The number of furan rings is 1. The van der Waals surface area contributed by atoms with Crippen LogP contribution in [0.1, 0.15) is 18.6 Å². The molecule has 1 fully saturated rings. The first kappa shape index (κ1) is 15.1. The minimum atomic E-state index is -3.60. The number of hydrogen-bond acceptors (Lipinski definition) is 6. The van der Waals surface area contributed by atoms with Crippen LogP contribution in [-0.2, 0) is 16.6 Å². The SMILES string of the molecule is O=c1n(Cc2ccc(S(=O)(=O)N3CCCC3)o2)nc2cnccn12. The highest BCUT2D eigenvalue weighted by Gasteiger charge is 2.30. The summed E-state index contributed by atoms with van der Waals surface area (Å²) in [5.74, 6) is 0.353. The van der Waals surface area contributed by atoms with Gasteiger partial charge in [-0.15, -0.1) is 5.10 Å². The lowest BCUT2D eigenvalue weighted by atomic mass is 10.4. The summed E-state index contributed by atoms with van der Waals surface area (Å²) in [5.41, 5.74) is 0.0757. The zero-order chi connectivity index (χ0) is 16.7. The Bertz CT molecular complexity index is 1040. The molecule has 0 aromatic carbocycles. The van der Waals surface area contributed by atoms with Crippen LogP contribution in [-0.4, -0.2) is 45.0 Å². The van der Waals surface area contributed by atoms with Gasteiger partial charge in [-0.25, -0.2) is 22.3 Å². The molecule has 4 rings (SSSR count). The predicted octanol–water partition coefficient (Wildman–Crippen LogP) is 0.317. The minimum absolute atomic E-state index is 0.0516. The van der Waals surface area contributed by atoms with Gasteiger partial charge in [-0.3, -0.25) is 4.98 Å². The standard InChI is InChI=1S/C14H15N5O4S/c20-14-18-8-5-15-9-12(18)16-19(14)10-11-3-4-13(23-11)24(21,22)17-6-1-2-7-17/h3-5,8-9H,1-2,6-7,10H2. The number of rotatable bonds is 4. The topological polar surface area (TPSA) is 103 Å². The molecular weight excluding hydrogens is 334 g/mol. The van der Waals surface area contributed by atoms with Gasteiger partial charge in [0.1, 0.15) is 12.3 Å². The Morgan fingerprint density at radius 1 is 1.21 bits per heavy atom.